The number of aliphatic carboxylic acids is 1. The molecule has 0 bridgehead atoms. The quantitative estimate of drug-likeness (QED) is 0.105. The summed E-state index contributed by atoms with van der Waals surface area (Å²) in [7, 11) is 6.31. The Balaban J connectivity index is 1.26. The molecule has 242 valence electrons. The van der Waals surface area contributed by atoms with Gasteiger partial charge in [0.1, 0.15) is 0 Å². The summed E-state index contributed by atoms with van der Waals surface area (Å²) in [4.78, 5) is 89.5. The average molecular weight is 638 g/mol. The second kappa shape index (κ2) is 14.0. The Kier molecular flexibility index (Phi) is 9.89. The molecule has 0 aliphatic rings. The zero-order valence-electron chi connectivity index (χ0n) is 25.2. The summed E-state index contributed by atoms with van der Waals surface area (Å²) in [5.41, 5.74) is 0. The predicted octanol–water partition coefficient (Wildman–Crippen LogP) is -0.912. The third-order valence-electron chi connectivity index (χ3n) is 6.28. The van der Waals surface area contributed by atoms with Crippen LogP contribution in [0, 0.1) is 0 Å². The molecular formula is C26H31N13O7. The van der Waals surface area contributed by atoms with Crippen molar-refractivity contribution in [2.75, 3.05) is 29.0 Å². The van der Waals surface area contributed by atoms with Crippen LogP contribution in [-0.4, -0.2) is 91.9 Å². The Morgan fingerprint density at radius 3 is 1.50 bits per heavy atom. The molecule has 0 saturated heterocycles. The van der Waals surface area contributed by atoms with Gasteiger partial charge in [-0.3, -0.25) is 28.8 Å². The van der Waals surface area contributed by atoms with E-state index < -0.39 is 35.5 Å². The molecule has 0 saturated carbocycles. The zero-order chi connectivity index (χ0) is 33.5. The molecule has 46 heavy (non-hydrogen) atoms. The summed E-state index contributed by atoms with van der Waals surface area (Å²) in [5, 5.41) is 21.4. The first-order valence-electron chi connectivity index (χ1n) is 13.6. The van der Waals surface area contributed by atoms with Crippen molar-refractivity contribution >= 4 is 53.0 Å². The van der Waals surface area contributed by atoms with Crippen molar-refractivity contribution < 1.29 is 33.9 Å². The van der Waals surface area contributed by atoms with Crippen LogP contribution in [0.3, 0.4) is 0 Å². The number of carboxylic acid groups (broad SMARTS) is 1. The Hall–Kier alpha value is -6.34. The number of imidazole rings is 4. The number of rotatable bonds is 13. The van der Waals surface area contributed by atoms with Crippen LogP contribution in [-0.2, 0) is 37.8 Å². The molecule has 0 unspecified atom stereocenters. The smallest absolute Gasteiger partial charge is 0.305 e. The van der Waals surface area contributed by atoms with Crippen molar-refractivity contribution in [3.05, 3.63) is 54.3 Å². The molecule has 5 amide bonds. The predicted molar refractivity (Wildman–Crippen MR) is 159 cm³/mol. The highest BCUT2D eigenvalue weighted by molar-refractivity contribution is 6.03. The molecule has 4 heterocycles. The van der Waals surface area contributed by atoms with Crippen LogP contribution in [0.1, 0.15) is 55.3 Å². The maximum atomic E-state index is 12.8. The maximum Gasteiger partial charge on any atom is 0.305 e. The van der Waals surface area contributed by atoms with Crippen molar-refractivity contribution in [1.29, 1.82) is 0 Å². The van der Waals surface area contributed by atoms with E-state index in [0.29, 0.717) is 0 Å². The van der Waals surface area contributed by atoms with Gasteiger partial charge >= 0.3 is 5.97 Å². The number of amides is 5. The molecule has 6 N–H and O–H groups in total. The highest BCUT2D eigenvalue weighted by atomic mass is 16.4. The summed E-state index contributed by atoms with van der Waals surface area (Å²) in [6.45, 7) is -0.130. The molecule has 4 rings (SSSR count). The van der Waals surface area contributed by atoms with Crippen LogP contribution in [0.4, 0.5) is 17.5 Å². The molecule has 4 aromatic heterocycles. The molecule has 0 aliphatic heterocycles. The van der Waals surface area contributed by atoms with Gasteiger partial charge in [0, 0.05) is 78.7 Å². The molecule has 0 aliphatic carbocycles. The highest BCUT2D eigenvalue weighted by Crippen LogP contribution is 2.13. The first-order chi connectivity index (χ1) is 21.8. The molecule has 0 aromatic carbocycles. The molecule has 20 heteroatoms. The van der Waals surface area contributed by atoms with Crippen molar-refractivity contribution in [2.45, 2.75) is 12.8 Å². The van der Waals surface area contributed by atoms with Gasteiger partial charge < -0.3 is 50.0 Å². The lowest BCUT2D eigenvalue weighted by Gasteiger charge is -2.05. The van der Waals surface area contributed by atoms with E-state index in [2.05, 4.69) is 46.5 Å². The fourth-order valence-corrected chi connectivity index (χ4v) is 4.08. The van der Waals surface area contributed by atoms with Gasteiger partial charge in [0.05, 0.1) is 6.42 Å². The van der Waals surface area contributed by atoms with Gasteiger partial charge in [-0.25, -0.2) is 19.9 Å². The molecule has 0 spiro atoms. The Morgan fingerprint density at radius 2 is 1.04 bits per heavy atom. The number of carbonyl (C=O) groups excluding carboxylic acids is 5. The number of aryl methyl sites for hydroxylation is 4. The van der Waals surface area contributed by atoms with Crippen molar-refractivity contribution in [3.63, 3.8) is 0 Å². The summed E-state index contributed by atoms with van der Waals surface area (Å²) in [6, 6.07) is 0. The Bertz CT molecular complexity index is 1810. The number of aromatic nitrogens is 8. The van der Waals surface area contributed by atoms with Gasteiger partial charge in [-0.15, -0.1) is 0 Å². The number of anilines is 3. The minimum atomic E-state index is -1.06. The van der Waals surface area contributed by atoms with Gasteiger partial charge in [-0.2, -0.15) is 0 Å². The number of hydrogen-bond donors (Lipinski definition) is 6. The SMILES string of the molecule is Cn1cc(NC(=O)c2nccn2C)nc1C(=O)NCCC(=O)Nc1cn(C)c(C(=O)Nc2cn(C)c(C(=O)NCCC(=O)O)n2)n1. The van der Waals surface area contributed by atoms with E-state index in [-0.39, 0.29) is 66.7 Å². The van der Waals surface area contributed by atoms with E-state index in [1.165, 1.54) is 57.2 Å². The third-order valence-corrected chi connectivity index (χ3v) is 6.28. The minimum Gasteiger partial charge on any atom is -0.481 e. The molecule has 0 atom stereocenters. The Labute approximate surface area is 260 Å². The molecular weight excluding hydrogens is 606 g/mol. The van der Waals surface area contributed by atoms with Crippen LogP contribution in [0.2, 0.25) is 0 Å². The summed E-state index contributed by atoms with van der Waals surface area (Å²) in [5.74, 6) is -3.55. The van der Waals surface area contributed by atoms with Crippen LogP contribution in [0.5, 0.6) is 0 Å². The number of carbonyl (C=O) groups is 6. The monoisotopic (exact) mass is 637 g/mol. The molecule has 20 nitrogen and oxygen atoms in total. The fourth-order valence-electron chi connectivity index (χ4n) is 4.08. The highest BCUT2D eigenvalue weighted by Gasteiger charge is 2.20. The van der Waals surface area contributed by atoms with E-state index in [1.807, 2.05) is 0 Å². The van der Waals surface area contributed by atoms with Crippen LogP contribution in [0.15, 0.2) is 31.0 Å². The maximum absolute atomic E-state index is 12.8. The van der Waals surface area contributed by atoms with Crippen LogP contribution < -0.4 is 26.6 Å². The van der Waals surface area contributed by atoms with Crippen molar-refractivity contribution in [2.24, 2.45) is 28.2 Å². The van der Waals surface area contributed by atoms with E-state index in [4.69, 9.17) is 5.11 Å². The first kappa shape index (κ1) is 32.6. The lowest BCUT2D eigenvalue weighted by atomic mass is 10.4. The van der Waals surface area contributed by atoms with Gasteiger partial charge in [0.2, 0.25) is 23.4 Å². The van der Waals surface area contributed by atoms with Gasteiger partial charge in [0.15, 0.2) is 23.3 Å². The standard InChI is InChI=1S/C26H31N13O7/c1-36-10-9-27-19(36)25(45)34-15-12-37(2)20(32-15)23(43)28-7-5-17(40)30-14-11-39(4)22(31-14)26(46)35-16-13-38(3)21(33-16)24(44)29-8-6-18(41)42/h9-13H,5-8H2,1-4H3,(H,28,43)(H,29,44)(H,30,40)(H,34,45)(H,35,46)(H,41,42). The lowest BCUT2D eigenvalue weighted by Crippen LogP contribution is -2.29. The lowest BCUT2D eigenvalue weighted by molar-refractivity contribution is -0.136. The minimum absolute atomic E-state index is 0.00905. The normalized spacial score (nSPS) is 10.7. The summed E-state index contributed by atoms with van der Waals surface area (Å²) >= 11 is 0. The van der Waals surface area contributed by atoms with Gasteiger partial charge in [-0.05, 0) is 0 Å². The van der Waals surface area contributed by atoms with Crippen LogP contribution >= 0.6 is 0 Å². The number of hydrogen-bond acceptors (Lipinski definition) is 10. The second-order valence-corrected chi connectivity index (χ2v) is 9.91. The largest absolute Gasteiger partial charge is 0.481 e. The third kappa shape index (κ3) is 7.98. The van der Waals surface area contributed by atoms with Crippen molar-refractivity contribution in [3.8, 4) is 0 Å². The van der Waals surface area contributed by atoms with Crippen molar-refractivity contribution in [1.82, 2.24) is 48.8 Å². The molecule has 0 radical (unpaired) electrons. The topological polar surface area (TPSA) is 254 Å². The van der Waals surface area contributed by atoms with Gasteiger partial charge in [0.25, 0.3) is 23.6 Å². The van der Waals surface area contributed by atoms with E-state index in [9.17, 15) is 28.8 Å². The number of nitrogens with one attached hydrogen (secondary N) is 5. The summed E-state index contributed by atoms with van der Waals surface area (Å²) in [6.07, 6.45) is 6.99. The zero-order valence-corrected chi connectivity index (χ0v) is 25.2. The van der Waals surface area contributed by atoms with E-state index in [0.717, 1.165) is 0 Å². The van der Waals surface area contributed by atoms with Gasteiger partial charge in [-0.1, -0.05) is 0 Å². The molecule has 4 aromatic rings. The first-order valence-corrected chi connectivity index (χ1v) is 13.6. The number of nitrogens with zero attached hydrogens (tertiary/aromatic N) is 8. The second-order valence-electron chi connectivity index (χ2n) is 9.91. The van der Waals surface area contributed by atoms with E-state index in [1.54, 1.807) is 20.3 Å². The van der Waals surface area contributed by atoms with Crippen LogP contribution in [0.25, 0.3) is 0 Å². The van der Waals surface area contributed by atoms with E-state index >= 15 is 0 Å². The average Bonchev–Trinajstić information content (AvgIpc) is 3.75. The fraction of sp³-hybridized carbons (Fsp3) is 0.308. The molecule has 0 fully saturated rings. The number of carboxylic acids is 1. The summed E-state index contributed by atoms with van der Waals surface area (Å²) < 4.78 is 5.70. The Morgan fingerprint density at radius 1 is 0.609 bits per heavy atom.